The molecule has 5 rings (SSSR count). The highest BCUT2D eigenvalue weighted by Gasteiger charge is 2.57. The molecule has 10 heteroatoms. The zero-order chi connectivity index (χ0) is 28.5. The first-order valence-corrected chi connectivity index (χ1v) is 13.1. The lowest BCUT2D eigenvalue weighted by Crippen LogP contribution is -2.53. The average Bonchev–Trinajstić information content (AvgIpc) is 3.28. The van der Waals surface area contributed by atoms with Gasteiger partial charge in [0.05, 0.1) is 10.4 Å². The fourth-order valence-electron chi connectivity index (χ4n) is 5.35. The first-order valence-electron chi connectivity index (χ1n) is 13.1. The number of non-ortho nitro benzene ring substituents is 1. The van der Waals surface area contributed by atoms with Crippen LogP contribution in [0.4, 0.5) is 18.9 Å². The molecule has 1 N–H and O–H groups in total. The molecule has 1 aliphatic heterocycles. The Hall–Kier alpha value is -3.89. The molecule has 1 fully saturated rings. The second-order valence-electron chi connectivity index (χ2n) is 10.4. The largest absolute Gasteiger partial charge is 0.490 e. The maximum atomic E-state index is 14.7. The average molecular weight is 554 g/mol. The van der Waals surface area contributed by atoms with E-state index in [0.29, 0.717) is 25.9 Å². The molecule has 0 aliphatic carbocycles. The molecule has 0 saturated carbocycles. The van der Waals surface area contributed by atoms with Gasteiger partial charge in [-0.1, -0.05) is 42.5 Å². The summed E-state index contributed by atoms with van der Waals surface area (Å²) >= 11 is 0. The molecule has 40 heavy (non-hydrogen) atoms. The van der Waals surface area contributed by atoms with Crippen molar-refractivity contribution in [1.29, 1.82) is 0 Å². The van der Waals surface area contributed by atoms with Crippen LogP contribution in [0.2, 0.25) is 0 Å². The number of nitrogens with zero attached hydrogens (tertiary/aromatic N) is 3. The molecular formula is C30H30F3N3O4. The van der Waals surface area contributed by atoms with Crippen LogP contribution in [-0.4, -0.2) is 51.4 Å². The fraction of sp³-hybridized carbons (Fsp3) is 0.333. The Morgan fingerprint density at radius 1 is 1.02 bits per heavy atom. The van der Waals surface area contributed by atoms with Crippen LogP contribution in [0.15, 0.2) is 79.0 Å². The van der Waals surface area contributed by atoms with Crippen molar-refractivity contribution in [2.75, 3.05) is 19.6 Å². The van der Waals surface area contributed by atoms with Gasteiger partial charge in [-0.3, -0.25) is 15.0 Å². The van der Waals surface area contributed by atoms with E-state index in [1.165, 1.54) is 29.0 Å². The molecule has 0 amide bonds. The minimum Gasteiger partial charge on any atom is -0.490 e. The number of benzene rings is 3. The molecule has 1 aliphatic rings. The number of piperidine rings is 1. The van der Waals surface area contributed by atoms with E-state index in [2.05, 4.69) is 0 Å². The lowest BCUT2D eigenvalue weighted by atomic mass is 9.91. The Bertz CT molecular complexity index is 1500. The van der Waals surface area contributed by atoms with Gasteiger partial charge in [0.15, 0.2) is 0 Å². The summed E-state index contributed by atoms with van der Waals surface area (Å²) in [6.07, 6.45) is -2.81. The quantitative estimate of drug-likeness (QED) is 0.208. The van der Waals surface area contributed by atoms with Crippen LogP contribution >= 0.6 is 0 Å². The molecule has 2 heterocycles. The smallest absolute Gasteiger partial charge is 0.422 e. The molecule has 7 nitrogen and oxygen atoms in total. The summed E-state index contributed by atoms with van der Waals surface area (Å²) in [6.45, 7) is 2.14. The minimum absolute atomic E-state index is 0.124. The molecular weight excluding hydrogens is 523 g/mol. The standard InChI is InChI=1S/C30H30F3N3O4/c1-21-6-5-9-25(16-21)40-24-12-14-34(15-13-24)20-29(37,30(31,32)33)27-19-35(18-22-7-3-2-4-8-22)28-17-23(36(38)39)10-11-26(27)28/h2-11,16-17,19,24,37H,12-15,18,20H2,1H3. The zero-order valence-corrected chi connectivity index (χ0v) is 22.0. The van der Waals surface area contributed by atoms with Gasteiger partial charge in [0.2, 0.25) is 5.60 Å². The lowest BCUT2D eigenvalue weighted by Gasteiger charge is -2.39. The molecule has 1 unspecified atom stereocenters. The molecule has 0 spiro atoms. The van der Waals surface area contributed by atoms with Crippen molar-refractivity contribution in [1.82, 2.24) is 9.47 Å². The highest BCUT2D eigenvalue weighted by molar-refractivity contribution is 5.87. The Kier molecular flexibility index (Phi) is 7.57. The van der Waals surface area contributed by atoms with Crippen LogP contribution in [-0.2, 0) is 12.1 Å². The zero-order valence-electron chi connectivity index (χ0n) is 22.0. The number of nitro groups is 1. The van der Waals surface area contributed by atoms with Gasteiger partial charge in [-0.15, -0.1) is 0 Å². The number of rotatable bonds is 8. The minimum atomic E-state index is -4.99. The van der Waals surface area contributed by atoms with Crippen molar-refractivity contribution >= 4 is 16.6 Å². The van der Waals surface area contributed by atoms with Crippen molar-refractivity contribution in [2.24, 2.45) is 0 Å². The van der Waals surface area contributed by atoms with E-state index in [9.17, 15) is 28.4 Å². The van der Waals surface area contributed by atoms with Gasteiger partial charge in [-0.25, -0.2) is 0 Å². The predicted molar refractivity (Wildman–Crippen MR) is 145 cm³/mol. The van der Waals surface area contributed by atoms with Crippen LogP contribution in [0.25, 0.3) is 10.9 Å². The Labute approximate surface area is 229 Å². The van der Waals surface area contributed by atoms with Crippen LogP contribution < -0.4 is 4.74 Å². The highest BCUT2D eigenvalue weighted by atomic mass is 19.4. The number of fused-ring (bicyclic) bond motifs is 1. The third-order valence-electron chi connectivity index (χ3n) is 7.47. The molecule has 210 valence electrons. The summed E-state index contributed by atoms with van der Waals surface area (Å²) in [5.74, 6) is 0.727. The number of hydrogen-bond donors (Lipinski definition) is 1. The maximum Gasteiger partial charge on any atom is 0.422 e. The summed E-state index contributed by atoms with van der Waals surface area (Å²) in [4.78, 5) is 12.5. The third kappa shape index (κ3) is 5.68. The number of alkyl halides is 3. The van der Waals surface area contributed by atoms with E-state index in [4.69, 9.17) is 4.74 Å². The predicted octanol–water partition coefficient (Wildman–Crippen LogP) is 6.20. The topological polar surface area (TPSA) is 80.8 Å². The van der Waals surface area contributed by atoms with E-state index in [0.717, 1.165) is 16.9 Å². The van der Waals surface area contributed by atoms with Gasteiger partial charge in [0, 0.05) is 55.5 Å². The van der Waals surface area contributed by atoms with Crippen LogP contribution in [0.1, 0.15) is 29.5 Å². The number of halogens is 3. The van der Waals surface area contributed by atoms with Gasteiger partial charge < -0.3 is 14.4 Å². The van der Waals surface area contributed by atoms with E-state index < -0.39 is 23.2 Å². The summed E-state index contributed by atoms with van der Waals surface area (Å²) in [5.41, 5.74) is -1.63. The van der Waals surface area contributed by atoms with E-state index >= 15 is 0 Å². The van der Waals surface area contributed by atoms with Gasteiger partial charge >= 0.3 is 6.18 Å². The van der Waals surface area contributed by atoms with Gasteiger partial charge in [0.25, 0.3) is 5.69 Å². The molecule has 3 aromatic carbocycles. The number of aromatic nitrogens is 1. The summed E-state index contributed by atoms with van der Waals surface area (Å²) < 4.78 is 51.7. The number of ether oxygens (including phenoxy) is 1. The van der Waals surface area contributed by atoms with E-state index in [1.54, 1.807) is 4.90 Å². The number of aryl methyl sites for hydroxylation is 1. The van der Waals surface area contributed by atoms with Crippen molar-refractivity contribution in [3.63, 3.8) is 0 Å². The molecule has 4 aromatic rings. The van der Waals surface area contributed by atoms with Crippen molar-refractivity contribution in [3.05, 3.63) is 106 Å². The van der Waals surface area contributed by atoms with Crippen molar-refractivity contribution < 1.29 is 27.9 Å². The van der Waals surface area contributed by atoms with E-state index in [-0.39, 0.29) is 34.8 Å². The highest BCUT2D eigenvalue weighted by Crippen LogP contribution is 2.44. The SMILES string of the molecule is Cc1cccc(OC2CCN(CC(O)(c3cn(Cc4ccccc4)c4cc([N+](=O)[O-])ccc34)C(F)(F)F)CC2)c1. The van der Waals surface area contributed by atoms with Crippen LogP contribution in [0.5, 0.6) is 5.75 Å². The van der Waals surface area contributed by atoms with Gasteiger partial charge in [0.1, 0.15) is 11.9 Å². The van der Waals surface area contributed by atoms with Gasteiger partial charge in [-0.05, 0) is 49.1 Å². The van der Waals surface area contributed by atoms with Crippen molar-refractivity contribution in [3.8, 4) is 5.75 Å². The molecule has 1 atom stereocenters. The van der Waals surface area contributed by atoms with Crippen molar-refractivity contribution in [2.45, 2.75) is 44.2 Å². The number of aliphatic hydroxyl groups is 1. The number of nitro benzene ring substituents is 1. The monoisotopic (exact) mass is 553 g/mol. The fourth-order valence-corrected chi connectivity index (χ4v) is 5.35. The summed E-state index contributed by atoms with van der Waals surface area (Å²) in [5, 5.41) is 23.0. The van der Waals surface area contributed by atoms with Crippen LogP contribution in [0.3, 0.4) is 0 Å². The first kappa shape index (κ1) is 27.7. The normalized spacial score (nSPS) is 16.6. The second kappa shape index (κ2) is 10.9. The second-order valence-corrected chi connectivity index (χ2v) is 10.4. The lowest BCUT2D eigenvalue weighted by molar-refractivity contribution is -0.384. The molecule has 0 bridgehead atoms. The molecule has 1 aromatic heterocycles. The summed E-state index contributed by atoms with van der Waals surface area (Å²) in [6, 6.07) is 20.4. The Morgan fingerprint density at radius 3 is 2.40 bits per heavy atom. The first-order chi connectivity index (χ1) is 19.0. The Balaban J connectivity index is 1.44. The number of likely N-dealkylation sites (tertiary alicyclic amines) is 1. The molecule has 0 radical (unpaired) electrons. The molecule has 1 saturated heterocycles. The summed E-state index contributed by atoms with van der Waals surface area (Å²) in [7, 11) is 0. The number of hydrogen-bond acceptors (Lipinski definition) is 5. The Morgan fingerprint density at radius 2 is 1.75 bits per heavy atom. The third-order valence-corrected chi connectivity index (χ3v) is 7.47. The maximum absolute atomic E-state index is 14.7. The van der Waals surface area contributed by atoms with Gasteiger partial charge in [-0.2, -0.15) is 13.2 Å². The number of β-amino-alcohol motifs (C(OH)–C–C–N with tert-alkyl or cyclic N) is 1. The van der Waals surface area contributed by atoms with Crippen LogP contribution in [0, 0.1) is 17.0 Å². The van der Waals surface area contributed by atoms with E-state index in [1.807, 2.05) is 61.5 Å².